The van der Waals surface area contributed by atoms with Crippen LogP contribution >= 0.6 is 0 Å². The van der Waals surface area contributed by atoms with Crippen molar-refractivity contribution in [3.63, 3.8) is 0 Å². The minimum Gasteiger partial charge on any atom is -0.338 e. The standard InChI is InChI=1S/C13H18NO2/c1-2-13(16)14(9-6-10-15)11-12-7-4-3-5-8-12/h3-5,7-8H,2,6,9-11H2,1H3. The number of benzene rings is 1. The highest BCUT2D eigenvalue weighted by Crippen LogP contribution is 2.06. The van der Waals surface area contributed by atoms with Crippen molar-refractivity contribution < 1.29 is 9.90 Å². The van der Waals surface area contributed by atoms with E-state index in [2.05, 4.69) is 0 Å². The molecule has 0 aliphatic carbocycles. The second-order valence-electron chi connectivity index (χ2n) is 3.71. The molecule has 0 saturated carbocycles. The molecule has 0 heterocycles. The predicted molar refractivity (Wildman–Crippen MR) is 62.3 cm³/mol. The van der Waals surface area contributed by atoms with Crippen molar-refractivity contribution in [2.45, 2.75) is 26.3 Å². The van der Waals surface area contributed by atoms with Crippen LogP contribution in [0.5, 0.6) is 0 Å². The number of amides is 1. The van der Waals surface area contributed by atoms with Gasteiger partial charge < -0.3 is 4.90 Å². The lowest BCUT2D eigenvalue weighted by molar-refractivity contribution is -0.131. The van der Waals surface area contributed by atoms with Gasteiger partial charge in [-0.05, 0) is 12.0 Å². The third kappa shape index (κ3) is 4.03. The molecule has 0 aliphatic heterocycles. The van der Waals surface area contributed by atoms with Crippen LogP contribution in [0.25, 0.3) is 0 Å². The summed E-state index contributed by atoms with van der Waals surface area (Å²) in [5.41, 5.74) is 1.11. The van der Waals surface area contributed by atoms with Gasteiger partial charge in [0.1, 0.15) is 0 Å². The minimum absolute atomic E-state index is 0.109. The maximum atomic E-state index is 11.6. The van der Waals surface area contributed by atoms with Crippen molar-refractivity contribution in [2.24, 2.45) is 0 Å². The molecule has 3 heteroatoms. The van der Waals surface area contributed by atoms with Crippen molar-refractivity contribution in [1.29, 1.82) is 0 Å². The zero-order valence-electron chi connectivity index (χ0n) is 9.69. The lowest BCUT2D eigenvalue weighted by atomic mass is 10.2. The molecule has 0 N–H and O–H groups in total. The molecule has 3 nitrogen and oxygen atoms in total. The summed E-state index contributed by atoms with van der Waals surface area (Å²) in [4.78, 5) is 13.4. The number of hydrogen-bond donors (Lipinski definition) is 0. The average molecular weight is 220 g/mol. The van der Waals surface area contributed by atoms with E-state index in [1.807, 2.05) is 37.3 Å². The number of hydrogen-bond acceptors (Lipinski definition) is 1. The fourth-order valence-electron chi connectivity index (χ4n) is 1.57. The first kappa shape index (κ1) is 12.7. The van der Waals surface area contributed by atoms with E-state index >= 15 is 0 Å². The minimum atomic E-state index is -0.123. The largest absolute Gasteiger partial charge is 0.338 e. The van der Waals surface area contributed by atoms with Crippen molar-refractivity contribution in [3.05, 3.63) is 35.9 Å². The molecule has 87 valence electrons. The van der Waals surface area contributed by atoms with E-state index in [1.54, 1.807) is 4.90 Å². The van der Waals surface area contributed by atoms with Crippen molar-refractivity contribution in [2.75, 3.05) is 13.2 Å². The molecule has 1 radical (unpaired) electrons. The van der Waals surface area contributed by atoms with Gasteiger partial charge >= 0.3 is 0 Å². The van der Waals surface area contributed by atoms with Crippen LogP contribution in [0, 0.1) is 0 Å². The number of rotatable bonds is 6. The molecule has 0 aliphatic rings. The summed E-state index contributed by atoms with van der Waals surface area (Å²) in [5.74, 6) is 0.109. The molecule has 16 heavy (non-hydrogen) atoms. The molecule has 0 aromatic heterocycles. The number of carbonyl (C=O) groups excluding carboxylic acids is 1. The molecule has 0 bridgehead atoms. The second-order valence-corrected chi connectivity index (χ2v) is 3.71. The van der Waals surface area contributed by atoms with E-state index in [0.717, 1.165) is 5.56 Å². The van der Waals surface area contributed by atoms with Gasteiger partial charge in [0.2, 0.25) is 5.91 Å². The highest BCUT2D eigenvalue weighted by Gasteiger charge is 2.11. The zero-order valence-corrected chi connectivity index (χ0v) is 9.69. The van der Waals surface area contributed by atoms with Crippen LogP contribution < -0.4 is 0 Å². The van der Waals surface area contributed by atoms with Crippen LogP contribution in [-0.2, 0) is 16.4 Å². The van der Waals surface area contributed by atoms with Gasteiger partial charge in [-0.1, -0.05) is 37.3 Å². The van der Waals surface area contributed by atoms with E-state index in [1.165, 1.54) is 0 Å². The summed E-state index contributed by atoms with van der Waals surface area (Å²) < 4.78 is 0. The second kappa shape index (κ2) is 7.01. The molecule has 0 atom stereocenters. The molecular weight excluding hydrogens is 202 g/mol. The summed E-state index contributed by atoms with van der Waals surface area (Å²) in [7, 11) is 0. The Hall–Kier alpha value is -1.35. The van der Waals surface area contributed by atoms with Crippen LogP contribution in [0.15, 0.2) is 30.3 Å². The number of nitrogens with zero attached hydrogens (tertiary/aromatic N) is 1. The van der Waals surface area contributed by atoms with Gasteiger partial charge in [0, 0.05) is 19.5 Å². The van der Waals surface area contributed by atoms with Crippen molar-refractivity contribution in [1.82, 2.24) is 4.90 Å². The Morgan fingerprint density at radius 3 is 2.50 bits per heavy atom. The normalized spacial score (nSPS) is 10.1. The first-order valence-corrected chi connectivity index (χ1v) is 5.67. The van der Waals surface area contributed by atoms with Crippen LogP contribution in [0.1, 0.15) is 25.3 Å². The monoisotopic (exact) mass is 220 g/mol. The first-order valence-electron chi connectivity index (χ1n) is 5.67. The van der Waals surface area contributed by atoms with Gasteiger partial charge in [0.25, 0.3) is 0 Å². The third-order valence-electron chi connectivity index (χ3n) is 2.44. The third-order valence-corrected chi connectivity index (χ3v) is 2.44. The van der Waals surface area contributed by atoms with Crippen LogP contribution in [0.4, 0.5) is 0 Å². The van der Waals surface area contributed by atoms with Crippen molar-refractivity contribution >= 4 is 5.91 Å². The highest BCUT2D eigenvalue weighted by atomic mass is 16.3. The lowest BCUT2D eigenvalue weighted by Crippen LogP contribution is -2.31. The first-order chi connectivity index (χ1) is 7.77. The predicted octanol–water partition coefficient (Wildman–Crippen LogP) is 2.25. The smallest absolute Gasteiger partial charge is 0.222 e. The Morgan fingerprint density at radius 2 is 1.94 bits per heavy atom. The Kier molecular flexibility index (Phi) is 5.57. The molecule has 0 spiro atoms. The molecule has 0 saturated heterocycles. The van der Waals surface area contributed by atoms with E-state index in [9.17, 15) is 9.90 Å². The number of carbonyl (C=O) groups is 1. The molecule has 0 unspecified atom stereocenters. The molecule has 1 aromatic carbocycles. The maximum Gasteiger partial charge on any atom is 0.222 e. The van der Waals surface area contributed by atoms with Crippen LogP contribution in [-0.4, -0.2) is 24.0 Å². The van der Waals surface area contributed by atoms with Gasteiger partial charge in [-0.3, -0.25) is 4.79 Å². The molecule has 1 rings (SSSR count). The van der Waals surface area contributed by atoms with E-state index < -0.39 is 0 Å². The lowest BCUT2D eigenvalue weighted by Gasteiger charge is -2.21. The Balaban J connectivity index is 2.59. The van der Waals surface area contributed by atoms with E-state index in [-0.39, 0.29) is 12.5 Å². The van der Waals surface area contributed by atoms with E-state index in [0.29, 0.717) is 25.9 Å². The molecule has 0 fully saturated rings. The summed E-state index contributed by atoms with van der Waals surface area (Å²) in [6.07, 6.45) is 1.02. The Bertz CT molecular complexity index is 311. The fourth-order valence-corrected chi connectivity index (χ4v) is 1.57. The molecule has 1 aromatic rings. The van der Waals surface area contributed by atoms with Gasteiger partial charge in [0.05, 0.1) is 6.61 Å². The van der Waals surface area contributed by atoms with Gasteiger partial charge in [-0.15, -0.1) is 0 Å². The maximum absolute atomic E-state index is 11.6. The Labute approximate surface area is 96.7 Å². The quantitative estimate of drug-likeness (QED) is 0.724. The van der Waals surface area contributed by atoms with Crippen molar-refractivity contribution in [3.8, 4) is 0 Å². The summed E-state index contributed by atoms with van der Waals surface area (Å²) in [6.45, 7) is 2.89. The fraction of sp³-hybridized carbons (Fsp3) is 0.462. The van der Waals surface area contributed by atoms with E-state index in [4.69, 9.17) is 0 Å². The van der Waals surface area contributed by atoms with Gasteiger partial charge in [-0.2, -0.15) is 0 Å². The summed E-state index contributed by atoms with van der Waals surface area (Å²) in [6, 6.07) is 9.85. The van der Waals surface area contributed by atoms with Crippen LogP contribution in [0.3, 0.4) is 0 Å². The SMILES string of the molecule is CCC(=O)N(CCC[O])Cc1ccccc1. The summed E-state index contributed by atoms with van der Waals surface area (Å²) >= 11 is 0. The zero-order chi connectivity index (χ0) is 11.8. The van der Waals surface area contributed by atoms with Gasteiger partial charge in [-0.25, -0.2) is 5.11 Å². The highest BCUT2D eigenvalue weighted by molar-refractivity contribution is 5.75. The Morgan fingerprint density at radius 1 is 1.25 bits per heavy atom. The summed E-state index contributed by atoms with van der Waals surface area (Å²) in [5, 5.41) is 10.5. The average Bonchev–Trinajstić information content (AvgIpc) is 2.34. The molecule has 1 amide bonds. The van der Waals surface area contributed by atoms with Gasteiger partial charge in [0.15, 0.2) is 0 Å². The van der Waals surface area contributed by atoms with Crippen LogP contribution in [0.2, 0.25) is 0 Å². The topological polar surface area (TPSA) is 40.2 Å². The molecular formula is C13H18NO2.